The lowest BCUT2D eigenvalue weighted by Gasteiger charge is -2.27. The summed E-state index contributed by atoms with van der Waals surface area (Å²) in [6.45, 7) is 6.06. The molecule has 0 amide bonds. The maximum Gasteiger partial charge on any atom is 0.0716 e. The molecule has 1 aromatic carbocycles. The van der Waals surface area contributed by atoms with Crippen molar-refractivity contribution in [3.8, 4) is 0 Å². The van der Waals surface area contributed by atoms with E-state index >= 15 is 0 Å². The average Bonchev–Trinajstić information content (AvgIpc) is 2.58. The van der Waals surface area contributed by atoms with Crippen LogP contribution < -0.4 is 0 Å². The first-order valence-electron chi connectivity index (χ1n) is 9.16. The van der Waals surface area contributed by atoms with Crippen LogP contribution in [0.4, 0.5) is 0 Å². The van der Waals surface area contributed by atoms with Crippen molar-refractivity contribution in [2.45, 2.75) is 71.3 Å². The van der Waals surface area contributed by atoms with Gasteiger partial charge in [-0.2, -0.15) is 0 Å². The second kappa shape index (κ2) is 9.84. The SMILES string of the molecule is CC/C=C/C1CCC(c2ccc(COCCCC)cc2)CC1. The van der Waals surface area contributed by atoms with Gasteiger partial charge in [-0.1, -0.05) is 56.7 Å². The summed E-state index contributed by atoms with van der Waals surface area (Å²) in [6.07, 6.45) is 13.7. The zero-order chi connectivity index (χ0) is 15.6. The molecular formula is C21H32O. The third kappa shape index (κ3) is 5.61. The van der Waals surface area contributed by atoms with E-state index < -0.39 is 0 Å². The van der Waals surface area contributed by atoms with Gasteiger partial charge in [0.1, 0.15) is 0 Å². The topological polar surface area (TPSA) is 9.23 Å². The molecule has 0 aliphatic heterocycles. The summed E-state index contributed by atoms with van der Waals surface area (Å²) < 4.78 is 5.69. The van der Waals surface area contributed by atoms with E-state index in [0.717, 1.165) is 31.5 Å². The summed E-state index contributed by atoms with van der Waals surface area (Å²) in [4.78, 5) is 0. The van der Waals surface area contributed by atoms with Crippen molar-refractivity contribution >= 4 is 0 Å². The Morgan fingerprint density at radius 1 is 1.05 bits per heavy atom. The molecule has 1 aromatic rings. The third-order valence-electron chi connectivity index (χ3n) is 4.78. The molecule has 0 spiro atoms. The normalized spacial score (nSPS) is 22.3. The lowest BCUT2D eigenvalue weighted by atomic mass is 9.78. The van der Waals surface area contributed by atoms with Crippen molar-refractivity contribution in [3.63, 3.8) is 0 Å². The van der Waals surface area contributed by atoms with E-state index in [1.165, 1.54) is 49.7 Å². The van der Waals surface area contributed by atoms with Gasteiger partial charge in [0.15, 0.2) is 0 Å². The molecule has 1 saturated carbocycles. The summed E-state index contributed by atoms with van der Waals surface area (Å²) >= 11 is 0. The molecule has 0 heterocycles. The van der Waals surface area contributed by atoms with Gasteiger partial charge in [-0.25, -0.2) is 0 Å². The molecule has 0 radical (unpaired) electrons. The van der Waals surface area contributed by atoms with Crippen LogP contribution in [0.1, 0.15) is 75.8 Å². The Hall–Kier alpha value is -1.08. The molecule has 0 atom stereocenters. The largest absolute Gasteiger partial charge is 0.377 e. The Kier molecular flexibility index (Phi) is 7.73. The highest BCUT2D eigenvalue weighted by Crippen LogP contribution is 2.36. The Labute approximate surface area is 136 Å². The van der Waals surface area contributed by atoms with Gasteiger partial charge in [0.25, 0.3) is 0 Å². The molecule has 1 aliphatic rings. The zero-order valence-electron chi connectivity index (χ0n) is 14.4. The Balaban J connectivity index is 1.78. The van der Waals surface area contributed by atoms with E-state index in [1.54, 1.807) is 0 Å². The van der Waals surface area contributed by atoms with Crippen LogP contribution in [0.3, 0.4) is 0 Å². The standard InChI is InChI=1S/C21H32O/c1-3-5-7-18-8-12-20(13-9-18)21-14-10-19(11-15-21)17-22-16-6-4-2/h5,7,10-11,14-15,18,20H,3-4,6,8-9,12-13,16-17H2,1-2H3/b7-5+. The van der Waals surface area contributed by atoms with E-state index in [-0.39, 0.29) is 0 Å². The van der Waals surface area contributed by atoms with Crippen LogP contribution in [0.5, 0.6) is 0 Å². The monoisotopic (exact) mass is 300 g/mol. The number of allylic oxidation sites excluding steroid dienone is 2. The molecule has 1 aliphatic carbocycles. The molecule has 1 heteroatoms. The summed E-state index contributed by atoms with van der Waals surface area (Å²) in [7, 11) is 0. The molecular weight excluding hydrogens is 268 g/mol. The Morgan fingerprint density at radius 3 is 2.41 bits per heavy atom. The molecule has 0 bridgehead atoms. The molecule has 122 valence electrons. The van der Waals surface area contributed by atoms with E-state index in [4.69, 9.17) is 4.74 Å². The van der Waals surface area contributed by atoms with Crippen molar-refractivity contribution in [2.75, 3.05) is 6.61 Å². The minimum absolute atomic E-state index is 0.759. The van der Waals surface area contributed by atoms with Gasteiger partial charge in [0, 0.05) is 6.61 Å². The van der Waals surface area contributed by atoms with Crippen LogP contribution in [0.15, 0.2) is 36.4 Å². The Bertz CT molecular complexity index is 424. The second-order valence-corrected chi connectivity index (χ2v) is 6.60. The van der Waals surface area contributed by atoms with Crippen LogP contribution in [-0.2, 0) is 11.3 Å². The van der Waals surface area contributed by atoms with Gasteiger partial charge < -0.3 is 4.74 Å². The summed E-state index contributed by atoms with van der Waals surface area (Å²) in [5.74, 6) is 1.59. The van der Waals surface area contributed by atoms with E-state index in [1.807, 2.05) is 0 Å². The van der Waals surface area contributed by atoms with Crippen molar-refractivity contribution < 1.29 is 4.74 Å². The van der Waals surface area contributed by atoms with E-state index in [9.17, 15) is 0 Å². The number of hydrogen-bond acceptors (Lipinski definition) is 1. The quantitative estimate of drug-likeness (QED) is 0.407. The molecule has 0 N–H and O–H groups in total. The summed E-state index contributed by atoms with van der Waals surface area (Å²) in [5.41, 5.74) is 2.83. The second-order valence-electron chi connectivity index (χ2n) is 6.60. The van der Waals surface area contributed by atoms with E-state index in [2.05, 4.69) is 50.3 Å². The first kappa shape index (κ1) is 17.3. The van der Waals surface area contributed by atoms with Crippen LogP contribution in [-0.4, -0.2) is 6.61 Å². The summed E-state index contributed by atoms with van der Waals surface area (Å²) in [6, 6.07) is 9.16. The number of ether oxygens (including phenoxy) is 1. The number of rotatable bonds is 8. The van der Waals surface area contributed by atoms with Gasteiger partial charge >= 0.3 is 0 Å². The van der Waals surface area contributed by atoms with Crippen molar-refractivity contribution in [3.05, 3.63) is 47.5 Å². The molecule has 1 fully saturated rings. The lowest BCUT2D eigenvalue weighted by molar-refractivity contribution is 0.118. The average molecular weight is 300 g/mol. The lowest BCUT2D eigenvalue weighted by Crippen LogP contribution is -2.11. The van der Waals surface area contributed by atoms with E-state index in [0.29, 0.717) is 0 Å². The predicted octanol–water partition coefficient (Wildman–Crippen LogP) is 6.24. The highest BCUT2D eigenvalue weighted by Gasteiger charge is 2.20. The number of benzene rings is 1. The van der Waals surface area contributed by atoms with Crippen molar-refractivity contribution in [1.29, 1.82) is 0 Å². The highest BCUT2D eigenvalue weighted by atomic mass is 16.5. The molecule has 0 saturated heterocycles. The van der Waals surface area contributed by atoms with Crippen LogP contribution in [0, 0.1) is 5.92 Å². The molecule has 0 unspecified atom stereocenters. The van der Waals surface area contributed by atoms with Crippen molar-refractivity contribution in [2.24, 2.45) is 5.92 Å². The summed E-state index contributed by atoms with van der Waals surface area (Å²) in [5, 5.41) is 0. The van der Waals surface area contributed by atoms with Gasteiger partial charge in [-0.15, -0.1) is 0 Å². The molecule has 2 rings (SSSR count). The van der Waals surface area contributed by atoms with Crippen LogP contribution >= 0.6 is 0 Å². The molecule has 1 nitrogen and oxygen atoms in total. The maximum atomic E-state index is 5.69. The van der Waals surface area contributed by atoms with Gasteiger partial charge in [0.05, 0.1) is 6.61 Å². The predicted molar refractivity (Wildman–Crippen MR) is 95.1 cm³/mol. The fourth-order valence-electron chi connectivity index (χ4n) is 3.30. The fraction of sp³-hybridized carbons (Fsp3) is 0.619. The fourth-order valence-corrected chi connectivity index (χ4v) is 3.30. The maximum absolute atomic E-state index is 5.69. The Morgan fingerprint density at radius 2 is 1.77 bits per heavy atom. The van der Waals surface area contributed by atoms with Crippen molar-refractivity contribution in [1.82, 2.24) is 0 Å². The van der Waals surface area contributed by atoms with Gasteiger partial charge in [0.2, 0.25) is 0 Å². The molecule has 22 heavy (non-hydrogen) atoms. The minimum atomic E-state index is 0.759. The first-order valence-corrected chi connectivity index (χ1v) is 9.16. The number of hydrogen-bond donors (Lipinski definition) is 0. The third-order valence-corrected chi connectivity index (χ3v) is 4.78. The van der Waals surface area contributed by atoms with Crippen LogP contribution in [0.25, 0.3) is 0 Å². The minimum Gasteiger partial charge on any atom is -0.377 e. The van der Waals surface area contributed by atoms with Gasteiger partial charge in [-0.05, 0) is 61.5 Å². The van der Waals surface area contributed by atoms with Gasteiger partial charge in [-0.3, -0.25) is 0 Å². The molecule has 0 aromatic heterocycles. The highest BCUT2D eigenvalue weighted by molar-refractivity contribution is 5.25. The van der Waals surface area contributed by atoms with Crippen LogP contribution in [0.2, 0.25) is 0 Å². The zero-order valence-corrected chi connectivity index (χ0v) is 14.4. The smallest absolute Gasteiger partial charge is 0.0716 e. The number of unbranched alkanes of at least 4 members (excludes halogenated alkanes) is 1. The first-order chi connectivity index (χ1) is 10.8.